The largest absolute Gasteiger partial charge is 0.352 e. The zero-order valence-electron chi connectivity index (χ0n) is 21.7. The molecular formula is C31H37ClN2O2. The molecule has 0 aliphatic heterocycles. The number of hydrogen-bond donors (Lipinski definition) is 1. The van der Waals surface area contributed by atoms with Crippen LogP contribution in [0.3, 0.4) is 0 Å². The first kappa shape index (κ1) is 27.5. The van der Waals surface area contributed by atoms with Crippen LogP contribution in [-0.4, -0.2) is 28.8 Å². The molecule has 0 aliphatic carbocycles. The fourth-order valence-electron chi connectivity index (χ4n) is 4.21. The number of benzene rings is 3. The van der Waals surface area contributed by atoms with Crippen molar-refractivity contribution in [1.82, 2.24) is 10.2 Å². The van der Waals surface area contributed by atoms with Crippen molar-refractivity contribution in [3.8, 4) is 0 Å². The van der Waals surface area contributed by atoms with E-state index in [1.165, 1.54) is 5.56 Å². The molecule has 36 heavy (non-hydrogen) atoms. The Morgan fingerprint density at radius 1 is 0.833 bits per heavy atom. The lowest BCUT2D eigenvalue weighted by Crippen LogP contribution is -2.51. The summed E-state index contributed by atoms with van der Waals surface area (Å²) < 4.78 is 0. The highest BCUT2D eigenvalue weighted by molar-refractivity contribution is 6.31. The van der Waals surface area contributed by atoms with Gasteiger partial charge in [-0.1, -0.05) is 98.2 Å². The molecule has 3 aromatic carbocycles. The van der Waals surface area contributed by atoms with Crippen LogP contribution < -0.4 is 5.32 Å². The van der Waals surface area contributed by atoms with E-state index >= 15 is 0 Å². The Morgan fingerprint density at radius 2 is 1.47 bits per heavy atom. The van der Waals surface area contributed by atoms with Gasteiger partial charge in [0, 0.05) is 30.5 Å². The van der Waals surface area contributed by atoms with Gasteiger partial charge in [0.05, 0.1) is 0 Å². The number of nitrogens with zero attached hydrogens (tertiary/aromatic N) is 1. The molecule has 1 N–H and O–H groups in total. The number of amides is 2. The van der Waals surface area contributed by atoms with Gasteiger partial charge in [0.15, 0.2) is 0 Å². The summed E-state index contributed by atoms with van der Waals surface area (Å²) in [5.74, 6) is 0.239. The maximum atomic E-state index is 13.7. The fraction of sp³-hybridized carbons (Fsp3) is 0.355. The van der Waals surface area contributed by atoms with Gasteiger partial charge in [-0.3, -0.25) is 9.59 Å². The van der Waals surface area contributed by atoms with Gasteiger partial charge in [-0.05, 0) is 54.5 Å². The summed E-state index contributed by atoms with van der Waals surface area (Å²) in [6, 6.07) is 25.1. The summed E-state index contributed by atoms with van der Waals surface area (Å²) in [5, 5.41) is 3.61. The summed E-state index contributed by atoms with van der Waals surface area (Å²) in [7, 11) is 0. The minimum Gasteiger partial charge on any atom is -0.352 e. The van der Waals surface area contributed by atoms with E-state index in [0.717, 1.165) is 16.7 Å². The third kappa shape index (κ3) is 7.96. The van der Waals surface area contributed by atoms with E-state index in [0.29, 0.717) is 30.2 Å². The molecule has 0 heterocycles. The Balaban J connectivity index is 1.89. The highest BCUT2D eigenvalue weighted by Gasteiger charge is 2.30. The molecule has 0 bridgehead atoms. The average Bonchev–Trinajstić information content (AvgIpc) is 2.86. The van der Waals surface area contributed by atoms with Crippen LogP contribution in [0.5, 0.6) is 0 Å². The van der Waals surface area contributed by atoms with Gasteiger partial charge in [-0.15, -0.1) is 0 Å². The van der Waals surface area contributed by atoms with E-state index in [-0.39, 0.29) is 24.4 Å². The number of halogens is 1. The summed E-state index contributed by atoms with van der Waals surface area (Å²) in [5.41, 5.74) is 4.21. The van der Waals surface area contributed by atoms with Crippen LogP contribution in [-0.2, 0) is 29.0 Å². The second-order valence-corrected chi connectivity index (χ2v) is 10.3. The normalized spacial score (nSPS) is 12.0. The van der Waals surface area contributed by atoms with Crippen molar-refractivity contribution in [3.63, 3.8) is 0 Å². The SMILES string of the molecule is CC(C)NC(=O)[C@H](Cc1ccccc1)N(Cc1ccccc1Cl)C(=O)CCc1ccc(C(C)C)cc1. The Bertz CT molecular complexity index is 1130. The van der Waals surface area contributed by atoms with Crippen LogP contribution in [0.1, 0.15) is 62.3 Å². The third-order valence-corrected chi connectivity index (χ3v) is 6.64. The van der Waals surface area contributed by atoms with E-state index in [1.807, 2.05) is 68.4 Å². The van der Waals surface area contributed by atoms with Crippen molar-refractivity contribution < 1.29 is 9.59 Å². The number of carbonyl (C=O) groups is 2. The maximum absolute atomic E-state index is 13.7. The van der Waals surface area contributed by atoms with E-state index < -0.39 is 6.04 Å². The summed E-state index contributed by atoms with van der Waals surface area (Å²) >= 11 is 6.48. The van der Waals surface area contributed by atoms with E-state index in [4.69, 9.17) is 11.6 Å². The quantitative estimate of drug-likeness (QED) is 0.321. The van der Waals surface area contributed by atoms with Crippen molar-refractivity contribution in [2.24, 2.45) is 0 Å². The lowest BCUT2D eigenvalue weighted by Gasteiger charge is -2.32. The van der Waals surface area contributed by atoms with Crippen molar-refractivity contribution in [2.45, 2.75) is 71.5 Å². The molecule has 0 aliphatic rings. The van der Waals surface area contributed by atoms with Gasteiger partial charge >= 0.3 is 0 Å². The number of nitrogens with one attached hydrogen (secondary N) is 1. The molecule has 4 nitrogen and oxygen atoms in total. The highest BCUT2D eigenvalue weighted by atomic mass is 35.5. The van der Waals surface area contributed by atoms with E-state index in [2.05, 4.69) is 43.4 Å². The molecule has 3 aromatic rings. The van der Waals surface area contributed by atoms with Gasteiger partial charge in [-0.25, -0.2) is 0 Å². The van der Waals surface area contributed by atoms with Crippen LogP contribution in [0.4, 0.5) is 0 Å². The molecule has 0 saturated carbocycles. The molecule has 190 valence electrons. The first-order valence-electron chi connectivity index (χ1n) is 12.7. The zero-order valence-corrected chi connectivity index (χ0v) is 22.5. The number of rotatable bonds is 11. The smallest absolute Gasteiger partial charge is 0.243 e. The monoisotopic (exact) mass is 504 g/mol. The first-order chi connectivity index (χ1) is 17.2. The molecule has 0 saturated heterocycles. The average molecular weight is 505 g/mol. The molecule has 0 fully saturated rings. The molecule has 0 spiro atoms. The Morgan fingerprint density at radius 3 is 2.08 bits per heavy atom. The maximum Gasteiger partial charge on any atom is 0.243 e. The standard InChI is InChI=1S/C31H37ClN2O2/c1-22(2)26-17-14-24(15-18-26)16-19-30(35)34(21-27-12-8-9-13-28(27)32)29(31(36)33-23(3)4)20-25-10-6-5-7-11-25/h5-15,17-18,22-23,29H,16,19-21H2,1-4H3,(H,33,36)/t29-/m0/s1. The summed E-state index contributed by atoms with van der Waals surface area (Å²) in [4.78, 5) is 28.9. The van der Waals surface area contributed by atoms with Crippen LogP contribution in [0.25, 0.3) is 0 Å². The molecule has 1 atom stereocenters. The van der Waals surface area contributed by atoms with Crippen LogP contribution in [0, 0.1) is 0 Å². The zero-order chi connectivity index (χ0) is 26.1. The first-order valence-corrected chi connectivity index (χ1v) is 13.1. The lowest BCUT2D eigenvalue weighted by molar-refractivity contribution is -0.141. The Hall–Kier alpha value is -3.11. The second-order valence-electron chi connectivity index (χ2n) is 9.88. The van der Waals surface area contributed by atoms with Gasteiger partial charge in [-0.2, -0.15) is 0 Å². The van der Waals surface area contributed by atoms with Gasteiger partial charge < -0.3 is 10.2 Å². The molecule has 0 aromatic heterocycles. The van der Waals surface area contributed by atoms with Crippen molar-refractivity contribution in [3.05, 3.63) is 106 Å². The molecule has 2 amide bonds. The number of hydrogen-bond acceptors (Lipinski definition) is 2. The second kappa shape index (κ2) is 13.3. The van der Waals surface area contributed by atoms with E-state index in [9.17, 15) is 9.59 Å². The minimum atomic E-state index is -0.651. The fourth-order valence-corrected chi connectivity index (χ4v) is 4.40. The van der Waals surface area contributed by atoms with Gasteiger partial charge in [0.25, 0.3) is 0 Å². The molecule has 3 rings (SSSR count). The molecule has 5 heteroatoms. The van der Waals surface area contributed by atoms with Crippen molar-refractivity contribution >= 4 is 23.4 Å². The Kier molecular flexibility index (Phi) is 10.1. The van der Waals surface area contributed by atoms with E-state index in [1.54, 1.807) is 4.90 Å². The van der Waals surface area contributed by atoms with Gasteiger partial charge in [0.2, 0.25) is 11.8 Å². The molecule has 0 unspecified atom stereocenters. The number of aryl methyl sites for hydroxylation is 1. The van der Waals surface area contributed by atoms with Crippen LogP contribution >= 0.6 is 11.6 Å². The van der Waals surface area contributed by atoms with Gasteiger partial charge in [0.1, 0.15) is 6.04 Å². The van der Waals surface area contributed by atoms with Crippen LogP contribution in [0.15, 0.2) is 78.9 Å². The summed E-state index contributed by atoms with van der Waals surface area (Å²) in [6.45, 7) is 8.46. The molecule has 0 radical (unpaired) electrons. The summed E-state index contributed by atoms with van der Waals surface area (Å²) in [6.07, 6.45) is 1.35. The molecular weight excluding hydrogens is 468 g/mol. The van der Waals surface area contributed by atoms with Crippen molar-refractivity contribution in [1.29, 1.82) is 0 Å². The van der Waals surface area contributed by atoms with Crippen molar-refractivity contribution in [2.75, 3.05) is 0 Å². The minimum absolute atomic E-state index is 0.0347. The third-order valence-electron chi connectivity index (χ3n) is 6.27. The predicted octanol–water partition coefficient (Wildman–Crippen LogP) is 6.56. The highest BCUT2D eigenvalue weighted by Crippen LogP contribution is 2.22. The van der Waals surface area contributed by atoms with Crippen LogP contribution in [0.2, 0.25) is 5.02 Å². The topological polar surface area (TPSA) is 49.4 Å². The lowest BCUT2D eigenvalue weighted by atomic mass is 9.99. The number of carbonyl (C=O) groups excluding carboxylic acids is 2. The Labute approximate surface area is 220 Å². The predicted molar refractivity (Wildman–Crippen MR) is 148 cm³/mol.